The van der Waals surface area contributed by atoms with Crippen LogP contribution in [0, 0.1) is 0 Å². The van der Waals surface area contributed by atoms with Crippen LogP contribution in [0.2, 0.25) is 0 Å². The predicted octanol–water partition coefficient (Wildman–Crippen LogP) is 1.66. The molecule has 0 saturated carbocycles. The van der Waals surface area contributed by atoms with Crippen LogP contribution in [0.25, 0.3) is 0 Å². The number of sulfone groups is 1. The Kier molecular flexibility index (Phi) is 5.40. The first-order valence-corrected chi connectivity index (χ1v) is 9.72. The summed E-state index contributed by atoms with van der Waals surface area (Å²) in [6.45, 7) is 7.40. The van der Waals surface area contributed by atoms with Gasteiger partial charge in [0.05, 0.1) is 11.0 Å². The summed E-state index contributed by atoms with van der Waals surface area (Å²) in [5, 5.41) is 4.11. The highest BCUT2D eigenvalue weighted by molar-refractivity contribution is 7.92. The Balaban J connectivity index is 1.83. The highest BCUT2D eigenvalue weighted by Gasteiger charge is 2.30. The van der Waals surface area contributed by atoms with Gasteiger partial charge >= 0.3 is 0 Å². The standard InChI is InChI=1S/C13H23N3O2S2/c1-3-16(4-2)13-15-9-11(19-13)8-14-10-12-6-5-7-20(12,17)18/h9,12,14H,3-8,10H2,1-2H3. The molecule has 0 aliphatic carbocycles. The van der Waals surface area contributed by atoms with Crippen LogP contribution < -0.4 is 10.2 Å². The Morgan fingerprint density at radius 2 is 2.20 bits per heavy atom. The smallest absolute Gasteiger partial charge is 0.185 e. The van der Waals surface area contributed by atoms with E-state index in [9.17, 15) is 8.42 Å². The van der Waals surface area contributed by atoms with Crippen molar-refractivity contribution in [3.63, 3.8) is 0 Å². The van der Waals surface area contributed by atoms with E-state index < -0.39 is 9.84 Å². The zero-order valence-electron chi connectivity index (χ0n) is 12.1. The van der Waals surface area contributed by atoms with Crippen molar-refractivity contribution in [1.29, 1.82) is 0 Å². The van der Waals surface area contributed by atoms with E-state index in [0.717, 1.165) is 35.9 Å². The second-order valence-electron chi connectivity index (χ2n) is 5.04. The molecule has 5 nitrogen and oxygen atoms in total. The van der Waals surface area contributed by atoms with Crippen molar-refractivity contribution in [3.8, 4) is 0 Å². The first-order chi connectivity index (χ1) is 9.56. The molecule has 114 valence electrons. The molecule has 20 heavy (non-hydrogen) atoms. The lowest BCUT2D eigenvalue weighted by Gasteiger charge is -2.16. The molecule has 2 heterocycles. The SMILES string of the molecule is CCN(CC)c1ncc(CNCC2CCCS2(=O)=O)s1. The summed E-state index contributed by atoms with van der Waals surface area (Å²) >= 11 is 1.68. The average Bonchev–Trinajstić information content (AvgIpc) is 2.99. The molecule has 7 heteroatoms. The third-order valence-electron chi connectivity index (χ3n) is 3.71. The van der Waals surface area contributed by atoms with Crippen molar-refractivity contribution >= 4 is 26.3 Å². The van der Waals surface area contributed by atoms with Gasteiger partial charge in [0, 0.05) is 37.3 Å². The zero-order valence-corrected chi connectivity index (χ0v) is 13.8. The second-order valence-corrected chi connectivity index (χ2v) is 8.54. The van der Waals surface area contributed by atoms with E-state index >= 15 is 0 Å². The van der Waals surface area contributed by atoms with Gasteiger partial charge in [0.1, 0.15) is 0 Å². The lowest BCUT2D eigenvalue weighted by atomic mass is 10.2. The fraction of sp³-hybridized carbons (Fsp3) is 0.769. The summed E-state index contributed by atoms with van der Waals surface area (Å²) in [5.74, 6) is 0.353. The molecule has 0 aromatic carbocycles. The summed E-state index contributed by atoms with van der Waals surface area (Å²) < 4.78 is 23.4. The number of nitrogens with one attached hydrogen (secondary N) is 1. The fourth-order valence-electron chi connectivity index (χ4n) is 2.46. The van der Waals surface area contributed by atoms with Crippen LogP contribution in [0.1, 0.15) is 31.6 Å². The van der Waals surface area contributed by atoms with Gasteiger partial charge in [-0.25, -0.2) is 13.4 Å². The maximum absolute atomic E-state index is 11.7. The molecule has 1 aromatic heterocycles. The van der Waals surface area contributed by atoms with Crippen LogP contribution in [0.4, 0.5) is 5.13 Å². The van der Waals surface area contributed by atoms with E-state index in [-0.39, 0.29) is 5.25 Å². The fourth-order valence-corrected chi connectivity index (χ4v) is 5.27. The average molecular weight is 317 g/mol. The first-order valence-electron chi connectivity index (χ1n) is 7.18. The lowest BCUT2D eigenvalue weighted by Crippen LogP contribution is -2.29. The monoisotopic (exact) mass is 317 g/mol. The Labute approximate surface area is 125 Å². The van der Waals surface area contributed by atoms with Gasteiger partial charge < -0.3 is 10.2 Å². The van der Waals surface area contributed by atoms with E-state index in [2.05, 4.69) is 29.0 Å². The Hall–Kier alpha value is -0.660. The zero-order chi connectivity index (χ0) is 14.6. The second kappa shape index (κ2) is 6.87. The van der Waals surface area contributed by atoms with Gasteiger partial charge in [0.15, 0.2) is 15.0 Å². The third-order valence-corrected chi connectivity index (χ3v) is 7.04. The molecule has 1 N–H and O–H groups in total. The molecule has 0 bridgehead atoms. The molecule has 1 fully saturated rings. The molecule has 1 aliphatic heterocycles. The van der Waals surface area contributed by atoms with Crippen LogP contribution >= 0.6 is 11.3 Å². The summed E-state index contributed by atoms with van der Waals surface area (Å²) in [4.78, 5) is 7.80. The molecular formula is C13H23N3O2S2. The predicted molar refractivity (Wildman–Crippen MR) is 84.2 cm³/mol. The molecule has 1 aromatic rings. The van der Waals surface area contributed by atoms with Gasteiger partial charge in [-0.05, 0) is 26.7 Å². The largest absolute Gasteiger partial charge is 0.349 e. The van der Waals surface area contributed by atoms with Crippen LogP contribution in [-0.4, -0.2) is 44.0 Å². The van der Waals surface area contributed by atoms with Gasteiger partial charge in [-0.3, -0.25) is 0 Å². The van der Waals surface area contributed by atoms with Crippen molar-refractivity contribution in [2.75, 3.05) is 30.3 Å². The molecule has 1 aliphatic rings. The topological polar surface area (TPSA) is 62.3 Å². The molecule has 0 radical (unpaired) electrons. The van der Waals surface area contributed by atoms with Crippen molar-refractivity contribution in [1.82, 2.24) is 10.3 Å². The van der Waals surface area contributed by atoms with E-state index in [0.29, 0.717) is 18.8 Å². The van der Waals surface area contributed by atoms with Crippen molar-refractivity contribution in [3.05, 3.63) is 11.1 Å². The number of anilines is 1. The minimum absolute atomic E-state index is 0.197. The molecule has 1 unspecified atom stereocenters. The van der Waals surface area contributed by atoms with Gasteiger partial charge in [0.2, 0.25) is 0 Å². The number of hydrogen-bond donors (Lipinski definition) is 1. The minimum Gasteiger partial charge on any atom is -0.349 e. The molecule has 0 amide bonds. The Morgan fingerprint density at radius 1 is 1.45 bits per heavy atom. The van der Waals surface area contributed by atoms with Gasteiger partial charge in [-0.2, -0.15) is 0 Å². The number of nitrogens with zero attached hydrogens (tertiary/aromatic N) is 2. The maximum atomic E-state index is 11.7. The molecule has 0 spiro atoms. The molecular weight excluding hydrogens is 294 g/mol. The Bertz CT molecular complexity index is 523. The van der Waals surface area contributed by atoms with E-state index in [1.54, 1.807) is 11.3 Å². The van der Waals surface area contributed by atoms with Crippen LogP contribution in [0.15, 0.2) is 6.20 Å². The highest BCUT2D eigenvalue weighted by Crippen LogP contribution is 2.23. The lowest BCUT2D eigenvalue weighted by molar-refractivity contribution is 0.574. The normalized spacial score (nSPS) is 21.2. The van der Waals surface area contributed by atoms with E-state index in [1.165, 1.54) is 0 Å². The summed E-state index contributed by atoms with van der Waals surface area (Å²) in [7, 11) is -2.84. The minimum atomic E-state index is -2.84. The van der Waals surface area contributed by atoms with Gasteiger partial charge in [0.25, 0.3) is 0 Å². The van der Waals surface area contributed by atoms with Gasteiger partial charge in [-0.1, -0.05) is 0 Å². The summed E-state index contributed by atoms with van der Waals surface area (Å²) in [5.41, 5.74) is 0. The van der Waals surface area contributed by atoms with Crippen LogP contribution in [0.5, 0.6) is 0 Å². The quantitative estimate of drug-likeness (QED) is 0.828. The van der Waals surface area contributed by atoms with Crippen molar-refractivity contribution in [2.24, 2.45) is 0 Å². The Morgan fingerprint density at radius 3 is 2.80 bits per heavy atom. The van der Waals surface area contributed by atoms with Crippen molar-refractivity contribution < 1.29 is 8.42 Å². The van der Waals surface area contributed by atoms with Crippen LogP contribution in [-0.2, 0) is 16.4 Å². The maximum Gasteiger partial charge on any atom is 0.185 e. The number of hydrogen-bond acceptors (Lipinski definition) is 6. The van der Waals surface area contributed by atoms with Gasteiger partial charge in [-0.15, -0.1) is 11.3 Å². The van der Waals surface area contributed by atoms with Crippen molar-refractivity contribution in [2.45, 2.75) is 38.5 Å². The summed E-state index contributed by atoms with van der Waals surface area (Å²) in [6, 6.07) is 0. The van der Waals surface area contributed by atoms with Crippen LogP contribution in [0.3, 0.4) is 0 Å². The molecule has 2 rings (SSSR count). The first kappa shape index (κ1) is 15.7. The molecule has 1 saturated heterocycles. The summed E-state index contributed by atoms with van der Waals surface area (Å²) in [6.07, 6.45) is 3.48. The third kappa shape index (κ3) is 3.71. The van der Waals surface area contributed by atoms with E-state index in [4.69, 9.17) is 0 Å². The highest BCUT2D eigenvalue weighted by atomic mass is 32.2. The molecule has 1 atom stereocenters. The number of thiazole rings is 1. The van der Waals surface area contributed by atoms with E-state index in [1.807, 2.05) is 6.20 Å². The number of aromatic nitrogens is 1. The number of rotatable bonds is 7.